The van der Waals surface area contributed by atoms with Gasteiger partial charge in [-0.15, -0.1) is 0 Å². The van der Waals surface area contributed by atoms with Gasteiger partial charge >= 0.3 is 0 Å². The third kappa shape index (κ3) is 3.69. The van der Waals surface area contributed by atoms with Crippen molar-refractivity contribution in [3.8, 4) is 0 Å². The summed E-state index contributed by atoms with van der Waals surface area (Å²) >= 11 is 0. The van der Waals surface area contributed by atoms with E-state index >= 15 is 0 Å². The number of para-hydroxylation sites is 1. The van der Waals surface area contributed by atoms with E-state index in [4.69, 9.17) is 0 Å². The van der Waals surface area contributed by atoms with Gasteiger partial charge in [0.2, 0.25) is 10.0 Å². The molecule has 0 saturated heterocycles. The van der Waals surface area contributed by atoms with Gasteiger partial charge in [-0.3, -0.25) is 4.31 Å². The van der Waals surface area contributed by atoms with Crippen LogP contribution in [0.25, 0.3) is 0 Å². The summed E-state index contributed by atoms with van der Waals surface area (Å²) in [6, 6.07) is 18.7. The maximum absolute atomic E-state index is 13.1. The van der Waals surface area contributed by atoms with Crippen LogP contribution in [0.15, 0.2) is 60.7 Å². The number of sulfonamides is 1. The molecule has 0 aliphatic carbocycles. The lowest BCUT2D eigenvalue weighted by Crippen LogP contribution is -2.31. The average Bonchev–Trinajstić information content (AvgIpc) is 2.56. The van der Waals surface area contributed by atoms with Gasteiger partial charge in [0.25, 0.3) is 0 Å². The SMILES string of the molecule is CCCC[C@@H](c1ccccc1)S(=O)(=O)N(C)c1ccccc1. The molecular formula is C18H23NO2S. The molecule has 118 valence electrons. The Morgan fingerprint density at radius 3 is 2.05 bits per heavy atom. The fourth-order valence-electron chi connectivity index (χ4n) is 2.52. The number of anilines is 1. The Bertz CT molecular complexity index is 669. The molecule has 0 spiro atoms. The Labute approximate surface area is 133 Å². The van der Waals surface area contributed by atoms with E-state index in [-0.39, 0.29) is 0 Å². The number of benzene rings is 2. The van der Waals surface area contributed by atoms with Crippen molar-refractivity contribution in [1.29, 1.82) is 0 Å². The maximum Gasteiger partial charge on any atom is 0.241 e. The smallest absolute Gasteiger partial charge is 0.241 e. The predicted octanol–water partition coefficient (Wildman–Crippen LogP) is 4.38. The highest BCUT2D eigenvalue weighted by atomic mass is 32.2. The third-order valence-corrected chi connectivity index (χ3v) is 6.05. The molecule has 3 nitrogen and oxygen atoms in total. The fraction of sp³-hybridized carbons (Fsp3) is 0.333. The molecule has 0 saturated carbocycles. The van der Waals surface area contributed by atoms with E-state index in [1.807, 2.05) is 60.7 Å². The fourth-order valence-corrected chi connectivity index (χ4v) is 4.28. The minimum atomic E-state index is -3.45. The van der Waals surface area contributed by atoms with Gasteiger partial charge in [0.1, 0.15) is 5.25 Å². The summed E-state index contributed by atoms with van der Waals surface area (Å²) < 4.78 is 27.5. The number of rotatable bonds is 7. The molecule has 1 atom stereocenters. The van der Waals surface area contributed by atoms with Crippen molar-refractivity contribution < 1.29 is 8.42 Å². The summed E-state index contributed by atoms with van der Waals surface area (Å²) in [6.45, 7) is 2.08. The van der Waals surface area contributed by atoms with Gasteiger partial charge < -0.3 is 0 Å². The molecule has 0 fully saturated rings. The Morgan fingerprint density at radius 2 is 1.50 bits per heavy atom. The van der Waals surface area contributed by atoms with Crippen molar-refractivity contribution in [3.63, 3.8) is 0 Å². The van der Waals surface area contributed by atoms with Crippen LogP contribution in [0, 0.1) is 0 Å². The summed E-state index contributed by atoms with van der Waals surface area (Å²) in [7, 11) is -1.81. The largest absolute Gasteiger partial charge is 0.273 e. The molecule has 0 radical (unpaired) electrons. The van der Waals surface area contributed by atoms with E-state index in [0.29, 0.717) is 12.1 Å². The summed E-state index contributed by atoms with van der Waals surface area (Å²) in [4.78, 5) is 0. The Hall–Kier alpha value is -1.81. The van der Waals surface area contributed by atoms with E-state index < -0.39 is 15.3 Å². The quantitative estimate of drug-likeness (QED) is 0.760. The van der Waals surface area contributed by atoms with Gasteiger partial charge in [0, 0.05) is 7.05 Å². The Morgan fingerprint density at radius 1 is 0.955 bits per heavy atom. The number of hydrogen-bond acceptors (Lipinski definition) is 2. The monoisotopic (exact) mass is 317 g/mol. The van der Waals surface area contributed by atoms with Gasteiger partial charge in [-0.2, -0.15) is 0 Å². The lowest BCUT2D eigenvalue weighted by atomic mass is 10.1. The molecular weight excluding hydrogens is 294 g/mol. The van der Waals surface area contributed by atoms with E-state index in [1.165, 1.54) is 4.31 Å². The highest BCUT2D eigenvalue weighted by Crippen LogP contribution is 2.32. The van der Waals surface area contributed by atoms with Crippen molar-refractivity contribution >= 4 is 15.7 Å². The topological polar surface area (TPSA) is 37.4 Å². The highest BCUT2D eigenvalue weighted by Gasteiger charge is 2.30. The van der Waals surface area contributed by atoms with Crippen LogP contribution in [0.4, 0.5) is 5.69 Å². The molecule has 0 aliphatic rings. The van der Waals surface area contributed by atoms with Crippen LogP contribution in [0.2, 0.25) is 0 Å². The van der Waals surface area contributed by atoms with Crippen molar-refractivity contribution in [2.24, 2.45) is 0 Å². The van der Waals surface area contributed by atoms with Gasteiger partial charge in [-0.1, -0.05) is 68.3 Å². The number of hydrogen-bond donors (Lipinski definition) is 0. The van der Waals surface area contributed by atoms with E-state index in [0.717, 1.165) is 18.4 Å². The lowest BCUT2D eigenvalue weighted by Gasteiger charge is -2.26. The zero-order chi connectivity index (χ0) is 16.0. The predicted molar refractivity (Wildman–Crippen MR) is 92.5 cm³/mol. The van der Waals surface area contributed by atoms with Crippen LogP contribution in [0.1, 0.15) is 37.0 Å². The molecule has 4 heteroatoms. The highest BCUT2D eigenvalue weighted by molar-refractivity contribution is 7.93. The second-order valence-electron chi connectivity index (χ2n) is 5.39. The van der Waals surface area contributed by atoms with Gasteiger partial charge in [-0.25, -0.2) is 8.42 Å². The zero-order valence-corrected chi connectivity index (χ0v) is 14.0. The van der Waals surface area contributed by atoms with Crippen LogP contribution >= 0.6 is 0 Å². The van der Waals surface area contributed by atoms with Gasteiger partial charge in [0.05, 0.1) is 5.69 Å². The summed E-state index contributed by atoms with van der Waals surface area (Å²) in [5, 5.41) is -0.501. The van der Waals surface area contributed by atoms with Crippen molar-refractivity contribution in [3.05, 3.63) is 66.2 Å². The van der Waals surface area contributed by atoms with E-state index in [9.17, 15) is 8.42 Å². The number of unbranched alkanes of at least 4 members (excludes halogenated alkanes) is 1. The van der Waals surface area contributed by atoms with Crippen LogP contribution < -0.4 is 4.31 Å². The summed E-state index contributed by atoms with van der Waals surface area (Å²) in [5.41, 5.74) is 1.55. The van der Waals surface area contributed by atoms with Crippen molar-refractivity contribution in [2.75, 3.05) is 11.4 Å². The normalized spacial score (nSPS) is 12.8. The molecule has 0 unspecified atom stereocenters. The van der Waals surface area contributed by atoms with Crippen molar-refractivity contribution in [2.45, 2.75) is 31.4 Å². The molecule has 2 rings (SSSR count). The molecule has 0 aliphatic heterocycles. The first-order valence-corrected chi connectivity index (χ1v) is 9.15. The molecule has 0 aromatic heterocycles. The van der Waals surface area contributed by atoms with Crippen LogP contribution in [-0.4, -0.2) is 15.5 Å². The standard InChI is InChI=1S/C18H23NO2S/c1-3-4-15-18(16-11-7-5-8-12-16)22(20,21)19(2)17-13-9-6-10-14-17/h5-14,18H,3-4,15H2,1-2H3/t18-/m0/s1. The summed E-state index contributed by atoms with van der Waals surface area (Å²) in [5.74, 6) is 0. The second kappa shape index (κ2) is 7.45. The minimum absolute atomic E-state index is 0.501. The third-order valence-electron chi connectivity index (χ3n) is 3.85. The molecule has 2 aromatic rings. The Kier molecular flexibility index (Phi) is 5.61. The van der Waals surface area contributed by atoms with Crippen LogP contribution in [0.3, 0.4) is 0 Å². The van der Waals surface area contributed by atoms with Crippen LogP contribution in [0.5, 0.6) is 0 Å². The molecule has 0 heterocycles. The van der Waals surface area contributed by atoms with Crippen LogP contribution in [-0.2, 0) is 10.0 Å². The molecule has 2 aromatic carbocycles. The minimum Gasteiger partial charge on any atom is -0.273 e. The first-order valence-electron chi connectivity index (χ1n) is 7.65. The average molecular weight is 317 g/mol. The zero-order valence-electron chi connectivity index (χ0n) is 13.1. The number of nitrogens with zero attached hydrogens (tertiary/aromatic N) is 1. The Balaban J connectivity index is 2.37. The molecule has 0 amide bonds. The first-order chi connectivity index (χ1) is 10.6. The molecule has 0 N–H and O–H groups in total. The van der Waals surface area contributed by atoms with Gasteiger partial charge in [-0.05, 0) is 24.1 Å². The van der Waals surface area contributed by atoms with E-state index in [1.54, 1.807) is 7.05 Å². The van der Waals surface area contributed by atoms with E-state index in [2.05, 4.69) is 6.92 Å². The molecule has 22 heavy (non-hydrogen) atoms. The summed E-state index contributed by atoms with van der Waals surface area (Å²) in [6.07, 6.45) is 2.51. The second-order valence-corrected chi connectivity index (χ2v) is 7.54. The first kappa shape index (κ1) is 16.6. The lowest BCUT2D eigenvalue weighted by molar-refractivity contribution is 0.567. The van der Waals surface area contributed by atoms with Gasteiger partial charge in [0.15, 0.2) is 0 Å². The van der Waals surface area contributed by atoms with Crippen molar-refractivity contribution in [1.82, 2.24) is 0 Å². The molecule has 0 bridgehead atoms. The maximum atomic E-state index is 13.1.